The van der Waals surface area contributed by atoms with E-state index in [0.29, 0.717) is 19.3 Å². The van der Waals surface area contributed by atoms with Gasteiger partial charge in [-0.15, -0.1) is 0 Å². The average Bonchev–Trinajstić information content (AvgIpc) is 3.37. The number of allylic oxidation sites excluding steroid dienone is 18. The van der Waals surface area contributed by atoms with Gasteiger partial charge in [0.1, 0.15) is 13.2 Å². The van der Waals surface area contributed by atoms with Crippen LogP contribution in [0, 0.1) is 0 Å². The van der Waals surface area contributed by atoms with Crippen LogP contribution in [0.4, 0.5) is 0 Å². The zero-order valence-corrected chi connectivity index (χ0v) is 46.2. The highest BCUT2D eigenvalue weighted by atomic mass is 16.6. The molecular weight excluding hydrogens is 877 g/mol. The molecule has 0 aliphatic carbocycles. The van der Waals surface area contributed by atoms with E-state index in [9.17, 15) is 14.4 Å². The van der Waals surface area contributed by atoms with Gasteiger partial charge in [0.05, 0.1) is 0 Å². The number of rotatable bonds is 52. The molecule has 0 aromatic carbocycles. The van der Waals surface area contributed by atoms with Crippen LogP contribution in [-0.2, 0) is 28.6 Å². The zero-order chi connectivity index (χ0) is 51.4. The molecule has 1 atom stereocenters. The first-order valence-electron chi connectivity index (χ1n) is 29.4. The van der Waals surface area contributed by atoms with Gasteiger partial charge in [-0.25, -0.2) is 0 Å². The van der Waals surface area contributed by atoms with Crippen molar-refractivity contribution in [3.63, 3.8) is 0 Å². The number of ether oxygens (including phenoxy) is 3. The lowest BCUT2D eigenvalue weighted by molar-refractivity contribution is -0.167. The quantitative estimate of drug-likeness (QED) is 0.0261. The van der Waals surface area contributed by atoms with Crippen molar-refractivity contribution in [2.24, 2.45) is 0 Å². The predicted molar refractivity (Wildman–Crippen MR) is 307 cm³/mol. The van der Waals surface area contributed by atoms with Crippen LogP contribution in [0.3, 0.4) is 0 Å². The van der Waals surface area contributed by atoms with E-state index in [1.165, 1.54) is 128 Å². The van der Waals surface area contributed by atoms with Gasteiger partial charge in [0, 0.05) is 19.3 Å². The maximum atomic E-state index is 12.8. The summed E-state index contributed by atoms with van der Waals surface area (Å²) in [6, 6.07) is 0. The summed E-state index contributed by atoms with van der Waals surface area (Å²) in [5.74, 6) is -1.03. The summed E-state index contributed by atoms with van der Waals surface area (Å²) in [6.07, 6.45) is 79.5. The lowest BCUT2D eigenvalue weighted by Crippen LogP contribution is -2.30. The molecule has 71 heavy (non-hydrogen) atoms. The van der Waals surface area contributed by atoms with E-state index in [1.807, 2.05) is 0 Å². The van der Waals surface area contributed by atoms with Gasteiger partial charge in [0.15, 0.2) is 6.10 Å². The highest BCUT2D eigenvalue weighted by Crippen LogP contribution is 2.16. The van der Waals surface area contributed by atoms with Crippen LogP contribution >= 0.6 is 0 Å². The Morgan fingerprint density at radius 2 is 0.563 bits per heavy atom. The zero-order valence-electron chi connectivity index (χ0n) is 46.2. The normalized spacial score (nSPS) is 12.9. The smallest absolute Gasteiger partial charge is 0.306 e. The van der Waals surface area contributed by atoms with Gasteiger partial charge in [0.25, 0.3) is 0 Å². The lowest BCUT2D eigenvalue weighted by Gasteiger charge is -2.18. The molecule has 0 spiro atoms. The molecular formula is C65H108O6. The van der Waals surface area contributed by atoms with E-state index in [-0.39, 0.29) is 44.0 Å². The molecule has 6 heteroatoms. The number of unbranched alkanes of at least 4 members (excludes halogenated alkanes) is 23. The highest BCUT2D eigenvalue weighted by molar-refractivity contribution is 5.71. The van der Waals surface area contributed by atoms with Crippen LogP contribution in [0.5, 0.6) is 0 Å². The first-order chi connectivity index (χ1) is 35.0. The van der Waals surface area contributed by atoms with Gasteiger partial charge in [-0.3, -0.25) is 14.4 Å². The number of hydrogen-bond donors (Lipinski definition) is 0. The molecule has 0 fully saturated rings. The largest absolute Gasteiger partial charge is 0.462 e. The molecule has 0 heterocycles. The molecule has 0 aliphatic heterocycles. The summed E-state index contributed by atoms with van der Waals surface area (Å²) >= 11 is 0. The van der Waals surface area contributed by atoms with Crippen LogP contribution < -0.4 is 0 Å². The molecule has 0 saturated heterocycles. The van der Waals surface area contributed by atoms with Crippen molar-refractivity contribution in [2.75, 3.05) is 13.2 Å². The van der Waals surface area contributed by atoms with Gasteiger partial charge >= 0.3 is 17.9 Å². The third kappa shape index (κ3) is 56.9. The van der Waals surface area contributed by atoms with Crippen LogP contribution in [0.1, 0.15) is 265 Å². The minimum Gasteiger partial charge on any atom is -0.462 e. The Balaban J connectivity index is 4.53. The molecule has 0 radical (unpaired) electrons. The minimum atomic E-state index is -0.831. The molecule has 0 aromatic rings. The van der Waals surface area contributed by atoms with Gasteiger partial charge in [-0.1, -0.05) is 259 Å². The second kappa shape index (κ2) is 58.6. The summed E-state index contributed by atoms with van der Waals surface area (Å²) in [5, 5.41) is 0. The van der Waals surface area contributed by atoms with Crippen molar-refractivity contribution in [3.05, 3.63) is 109 Å². The Morgan fingerprint density at radius 3 is 0.915 bits per heavy atom. The number of hydrogen-bond acceptors (Lipinski definition) is 6. The molecule has 0 bridgehead atoms. The molecule has 404 valence electrons. The van der Waals surface area contributed by atoms with E-state index in [1.54, 1.807) is 0 Å². The minimum absolute atomic E-state index is 0.117. The van der Waals surface area contributed by atoms with Gasteiger partial charge in [-0.05, 0) is 96.3 Å². The van der Waals surface area contributed by atoms with Crippen molar-refractivity contribution in [1.82, 2.24) is 0 Å². The lowest BCUT2D eigenvalue weighted by atomic mass is 10.0. The predicted octanol–water partition coefficient (Wildman–Crippen LogP) is 19.9. The summed E-state index contributed by atoms with van der Waals surface area (Å²) in [6.45, 7) is 6.42. The van der Waals surface area contributed by atoms with Crippen LogP contribution in [0.25, 0.3) is 0 Å². The van der Waals surface area contributed by atoms with E-state index in [0.717, 1.165) is 83.5 Å². The number of esters is 3. The fourth-order valence-corrected chi connectivity index (χ4v) is 7.88. The Labute approximate surface area is 438 Å². The molecule has 0 aliphatic rings. The van der Waals surface area contributed by atoms with Crippen molar-refractivity contribution in [3.8, 4) is 0 Å². The van der Waals surface area contributed by atoms with Crippen molar-refractivity contribution in [2.45, 2.75) is 271 Å². The standard InChI is InChI=1S/C65H108O6/c1-4-7-10-13-16-19-22-25-28-31-32-35-37-40-43-46-49-52-55-58-64(67)70-61-62(71-65(68)59-56-53-50-47-44-41-38-34-30-27-24-21-18-15-12-9-6-3)60-69-63(66)57-54-51-48-45-42-39-36-33-29-26-23-20-17-14-11-8-5-2/h9,12,17-18,20-21,26-27,29-30,36,38-39,41,45,47-48,50,62H,4-8,10-11,13-16,19,22-25,28,31-35,37,40,42-44,46,49,51-61H2,1-3H3/b12-9+,20-17+,21-18+,29-26+,30-27+,39-36+,41-38+,48-45+,50-47+/t62-/m1/s1. The topological polar surface area (TPSA) is 78.9 Å². The second-order valence-corrected chi connectivity index (χ2v) is 19.2. The summed E-state index contributed by atoms with van der Waals surface area (Å²) in [7, 11) is 0. The molecule has 0 unspecified atom stereocenters. The van der Waals surface area contributed by atoms with Crippen LogP contribution in [-0.4, -0.2) is 37.2 Å². The van der Waals surface area contributed by atoms with Gasteiger partial charge in [0.2, 0.25) is 0 Å². The highest BCUT2D eigenvalue weighted by Gasteiger charge is 2.19. The fourth-order valence-electron chi connectivity index (χ4n) is 7.88. The monoisotopic (exact) mass is 985 g/mol. The third-order valence-corrected chi connectivity index (χ3v) is 12.3. The van der Waals surface area contributed by atoms with E-state index >= 15 is 0 Å². The SMILES string of the molecule is CC/C=C/C/C=C/C/C=C/C/C=C/C/C=C/CCCC(=O)O[C@H](COC(=O)CCC/C=C/C/C=C/C/C=C/C/C=C/CCCCC)COC(=O)CCCCCCCCCCCCCCCCCCCCC. The Bertz CT molecular complexity index is 1460. The number of carbonyl (C=O) groups excluding carboxylic acids is 3. The molecule has 0 amide bonds. The summed E-state index contributed by atoms with van der Waals surface area (Å²) in [4.78, 5) is 38.2. The maximum Gasteiger partial charge on any atom is 0.306 e. The first-order valence-corrected chi connectivity index (χ1v) is 29.4. The third-order valence-electron chi connectivity index (χ3n) is 12.3. The summed E-state index contributed by atoms with van der Waals surface area (Å²) < 4.78 is 16.8. The maximum absolute atomic E-state index is 12.8. The Morgan fingerprint density at radius 1 is 0.296 bits per heavy atom. The summed E-state index contributed by atoms with van der Waals surface area (Å²) in [5.41, 5.74) is 0. The van der Waals surface area contributed by atoms with Crippen molar-refractivity contribution >= 4 is 17.9 Å². The van der Waals surface area contributed by atoms with Crippen molar-refractivity contribution in [1.29, 1.82) is 0 Å². The van der Waals surface area contributed by atoms with Gasteiger partial charge in [-0.2, -0.15) is 0 Å². The van der Waals surface area contributed by atoms with E-state index < -0.39 is 6.10 Å². The average molecular weight is 986 g/mol. The fraction of sp³-hybridized carbons (Fsp3) is 0.677. The van der Waals surface area contributed by atoms with Gasteiger partial charge < -0.3 is 14.2 Å². The van der Waals surface area contributed by atoms with Crippen molar-refractivity contribution < 1.29 is 28.6 Å². The molecule has 6 nitrogen and oxygen atoms in total. The van der Waals surface area contributed by atoms with E-state index in [2.05, 4.69) is 130 Å². The second-order valence-electron chi connectivity index (χ2n) is 19.2. The Kier molecular flexibility index (Phi) is 55.4. The number of carbonyl (C=O) groups is 3. The van der Waals surface area contributed by atoms with Crippen LogP contribution in [0.15, 0.2) is 109 Å². The molecule has 0 saturated carbocycles. The molecule has 0 rings (SSSR count). The first kappa shape index (κ1) is 67.1. The molecule has 0 aromatic heterocycles. The van der Waals surface area contributed by atoms with E-state index in [4.69, 9.17) is 14.2 Å². The molecule has 0 N–H and O–H groups in total. The van der Waals surface area contributed by atoms with Crippen LogP contribution in [0.2, 0.25) is 0 Å². The Hall–Kier alpha value is -3.93.